The molecule has 0 aromatic heterocycles. The summed E-state index contributed by atoms with van der Waals surface area (Å²) in [6.45, 7) is 5.11. The number of nitrogens with zero attached hydrogens (tertiary/aromatic N) is 1. The molecule has 45 heavy (non-hydrogen) atoms. The predicted molar refractivity (Wildman–Crippen MR) is 187 cm³/mol. The van der Waals surface area contributed by atoms with Crippen LogP contribution >= 0.6 is 0 Å². The Bertz CT molecular complexity index is 668. The SMILES string of the molecule is CCCCCCCCCCCCCCCCCCN(C(=O)NCCCCCCCCCCCC)[C@@H]1O[C@H](CO)[C@@H](O)[C@H](O)[C@H]1N. The third-order valence-corrected chi connectivity index (χ3v) is 9.58. The highest BCUT2D eigenvalue weighted by Gasteiger charge is 2.45. The second kappa shape index (κ2) is 29.2. The summed E-state index contributed by atoms with van der Waals surface area (Å²) in [6.07, 6.45) is 28.4. The van der Waals surface area contributed by atoms with Gasteiger partial charge in [-0.1, -0.05) is 168 Å². The van der Waals surface area contributed by atoms with Crippen molar-refractivity contribution < 1.29 is 24.9 Å². The molecule has 0 saturated carbocycles. The number of unbranched alkanes of at least 4 members (excludes halogenated alkanes) is 24. The Morgan fingerprint density at radius 1 is 0.622 bits per heavy atom. The lowest BCUT2D eigenvalue weighted by Gasteiger charge is -2.45. The van der Waals surface area contributed by atoms with Gasteiger partial charge in [0, 0.05) is 13.1 Å². The Morgan fingerprint density at radius 3 is 1.40 bits per heavy atom. The quantitative estimate of drug-likeness (QED) is 0.0507. The fourth-order valence-corrected chi connectivity index (χ4v) is 6.48. The Hall–Kier alpha value is -0.930. The van der Waals surface area contributed by atoms with Crippen LogP contribution in [0.15, 0.2) is 0 Å². The summed E-state index contributed by atoms with van der Waals surface area (Å²) in [5.41, 5.74) is 6.25. The van der Waals surface area contributed by atoms with E-state index in [0.717, 1.165) is 32.1 Å². The zero-order chi connectivity index (χ0) is 33.0. The van der Waals surface area contributed by atoms with Crippen molar-refractivity contribution in [3.05, 3.63) is 0 Å². The van der Waals surface area contributed by atoms with Crippen molar-refractivity contribution in [3.63, 3.8) is 0 Å². The van der Waals surface area contributed by atoms with Crippen molar-refractivity contribution in [2.24, 2.45) is 5.73 Å². The van der Waals surface area contributed by atoms with Gasteiger partial charge in [0.05, 0.1) is 12.6 Å². The smallest absolute Gasteiger partial charge is 0.319 e. The number of carbonyl (C=O) groups excluding carboxylic acids is 1. The molecule has 0 aromatic rings. The number of ether oxygens (including phenoxy) is 1. The lowest BCUT2D eigenvalue weighted by Crippen LogP contribution is -2.67. The molecular formula is C37H75N3O5. The molecule has 1 saturated heterocycles. The van der Waals surface area contributed by atoms with Gasteiger partial charge in [-0.25, -0.2) is 4.79 Å². The third-order valence-electron chi connectivity index (χ3n) is 9.58. The number of urea groups is 1. The van der Waals surface area contributed by atoms with Crippen LogP contribution in [0, 0.1) is 0 Å². The van der Waals surface area contributed by atoms with Crippen molar-refractivity contribution in [1.29, 1.82) is 0 Å². The summed E-state index contributed by atoms with van der Waals surface area (Å²) in [5, 5.41) is 33.5. The highest BCUT2D eigenvalue weighted by molar-refractivity contribution is 5.74. The molecule has 1 aliphatic heterocycles. The first-order valence-corrected chi connectivity index (χ1v) is 19.4. The Morgan fingerprint density at radius 2 is 1.00 bits per heavy atom. The summed E-state index contributed by atoms with van der Waals surface area (Å²) in [6, 6.07) is -1.21. The molecular weight excluding hydrogens is 566 g/mol. The van der Waals surface area contributed by atoms with Crippen LogP contribution in [0.1, 0.15) is 181 Å². The zero-order valence-corrected chi connectivity index (χ0v) is 29.6. The van der Waals surface area contributed by atoms with Crippen LogP contribution in [0.2, 0.25) is 0 Å². The van der Waals surface area contributed by atoms with Gasteiger partial charge in [0.25, 0.3) is 0 Å². The van der Waals surface area contributed by atoms with Gasteiger partial charge in [-0.05, 0) is 12.8 Å². The van der Waals surface area contributed by atoms with E-state index >= 15 is 0 Å². The molecule has 0 radical (unpaired) electrons. The van der Waals surface area contributed by atoms with Crippen LogP contribution in [0.3, 0.4) is 0 Å². The molecule has 1 heterocycles. The van der Waals surface area contributed by atoms with Gasteiger partial charge < -0.3 is 31.1 Å². The van der Waals surface area contributed by atoms with E-state index in [-0.39, 0.29) is 6.03 Å². The first kappa shape index (κ1) is 42.1. The Kier molecular flexibility index (Phi) is 27.3. The molecule has 0 aromatic carbocycles. The van der Waals surface area contributed by atoms with Crippen LogP contribution in [-0.4, -0.2) is 76.5 Å². The third kappa shape index (κ3) is 20.1. The predicted octanol–water partition coefficient (Wildman–Crippen LogP) is 7.95. The van der Waals surface area contributed by atoms with Crippen molar-refractivity contribution in [2.45, 2.75) is 211 Å². The number of aliphatic hydroxyl groups excluding tert-OH is 3. The molecule has 1 fully saturated rings. The standard InChI is InChI=1S/C37H75N3O5/c1-3-5-7-9-11-13-15-16-17-18-19-20-22-24-26-28-30-40(36-33(38)35(43)34(42)32(31-41)45-36)37(44)39-29-27-25-23-21-14-12-10-8-6-4-2/h32-36,41-43H,3-31,38H2,1-2H3,(H,39,44)/t32-,33-,34-,35-,36-/m1/s1. The minimum absolute atomic E-state index is 0.257. The fourth-order valence-electron chi connectivity index (χ4n) is 6.48. The molecule has 8 heteroatoms. The number of amides is 2. The Balaban J connectivity index is 2.32. The number of hydrogen-bond acceptors (Lipinski definition) is 6. The van der Waals surface area contributed by atoms with Crippen LogP contribution in [-0.2, 0) is 4.74 Å². The molecule has 0 bridgehead atoms. The molecule has 0 aliphatic carbocycles. The van der Waals surface area contributed by atoms with Gasteiger partial charge >= 0.3 is 6.03 Å². The summed E-state index contributed by atoms with van der Waals surface area (Å²) < 4.78 is 5.88. The van der Waals surface area contributed by atoms with E-state index in [2.05, 4.69) is 19.2 Å². The lowest BCUT2D eigenvalue weighted by atomic mass is 9.96. The topological polar surface area (TPSA) is 128 Å². The number of hydrogen-bond donors (Lipinski definition) is 5. The van der Waals surface area contributed by atoms with Gasteiger partial charge in [-0.15, -0.1) is 0 Å². The van der Waals surface area contributed by atoms with E-state index in [1.165, 1.54) is 135 Å². The highest BCUT2D eigenvalue weighted by Crippen LogP contribution is 2.23. The Labute approximate surface area is 277 Å². The first-order valence-electron chi connectivity index (χ1n) is 19.4. The van der Waals surface area contributed by atoms with Crippen LogP contribution in [0.5, 0.6) is 0 Å². The van der Waals surface area contributed by atoms with Gasteiger partial charge in [0.2, 0.25) is 0 Å². The molecule has 1 aliphatic rings. The summed E-state index contributed by atoms with van der Waals surface area (Å²) in [7, 11) is 0. The molecule has 1 rings (SSSR count). The van der Waals surface area contributed by atoms with Crippen molar-refractivity contribution in [2.75, 3.05) is 19.7 Å². The molecule has 8 nitrogen and oxygen atoms in total. The average molecular weight is 642 g/mol. The van der Waals surface area contributed by atoms with Gasteiger partial charge in [-0.2, -0.15) is 0 Å². The van der Waals surface area contributed by atoms with Crippen LogP contribution in [0.4, 0.5) is 4.79 Å². The number of rotatable bonds is 30. The summed E-state index contributed by atoms with van der Waals surface area (Å²) in [4.78, 5) is 14.9. The average Bonchev–Trinajstić information content (AvgIpc) is 3.04. The van der Waals surface area contributed by atoms with E-state index in [1.807, 2.05) is 0 Å². The number of nitrogens with two attached hydrogens (primary N) is 1. The highest BCUT2D eigenvalue weighted by atomic mass is 16.5. The zero-order valence-electron chi connectivity index (χ0n) is 29.6. The monoisotopic (exact) mass is 642 g/mol. The van der Waals surface area contributed by atoms with E-state index < -0.39 is 37.2 Å². The van der Waals surface area contributed by atoms with E-state index in [1.54, 1.807) is 4.90 Å². The first-order chi connectivity index (χ1) is 22.0. The minimum atomic E-state index is -1.28. The molecule has 268 valence electrons. The second-order valence-corrected chi connectivity index (χ2v) is 13.7. The lowest BCUT2D eigenvalue weighted by molar-refractivity contribution is -0.218. The van der Waals surface area contributed by atoms with Gasteiger partial charge in [0.15, 0.2) is 6.23 Å². The van der Waals surface area contributed by atoms with Crippen LogP contribution < -0.4 is 11.1 Å². The largest absolute Gasteiger partial charge is 0.394 e. The second-order valence-electron chi connectivity index (χ2n) is 13.7. The normalized spacial score (nSPS) is 21.7. The summed E-state index contributed by atoms with van der Waals surface area (Å²) in [5.74, 6) is 0. The van der Waals surface area contributed by atoms with Gasteiger partial charge in [0.1, 0.15) is 18.3 Å². The van der Waals surface area contributed by atoms with E-state index in [4.69, 9.17) is 10.5 Å². The maximum Gasteiger partial charge on any atom is 0.319 e. The van der Waals surface area contributed by atoms with Crippen molar-refractivity contribution >= 4 is 6.03 Å². The van der Waals surface area contributed by atoms with E-state index in [0.29, 0.717) is 13.1 Å². The summed E-state index contributed by atoms with van der Waals surface area (Å²) >= 11 is 0. The fraction of sp³-hybridized carbons (Fsp3) is 0.973. The molecule has 5 atom stereocenters. The van der Waals surface area contributed by atoms with Crippen molar-refractivity contribution in [1.82, 2.24) is 10.2 Å². The molecule has 2 amide bonds. The molecule has 0 unspecified atom stereocenters. The molecule has 6 N–H and O–H groups in total. The van der Waals surface area contributed by atoms with Gasteiger partial charge in [-0.3, -0.25) is 4.90 Å². The maximum atomic E-state index is 13.3. The van der Waals surface area contributed by atoms with E-state index in [9.17, 15) is 20.1 Å². The minimum Gasteiger partial charge on any atom is -0.394 e. The maximum absolute atomic E-state index is 13.3. The molecule has 0 spiro atoms. The van der Waals surface area contributed by atoms with Crippen molar-refractivity contribution in [3.8, 4) is 0 Å². The number of carbonyl (C=O) groups is 1. The number of nitrogens with one attached hydrogen (secondary N) is 1. The number of aliphatic hydroxyl groups is 3. The van der Waals surface area contributed by atoms with Crippen LogP contribution in [0.25, 0.3) is 0 Å².